The van der Waals surface area contributed by atoms with Gasteiger partial charge in [-0.15, -0.1) is 0 Å². The van der Waals surface area contributed by atoms with Crippen molar-refractivity contribution < 1.29 is 0 Å². The molecule has 0 radical (unpaired) electrons. The van der Waals surface area contributed by atoms with Crippen LogP contribution in [0.15, 0.2) is 35.2 Å². The molecule has 1 aromatic heterocycles. The number of rotatable bonds is 2. The number of hydrogen-bond acceptors (Lipinski definition) is 3. The van der Waals surface area contributed by atoms with E-state index in [1.807, 2.05) is 0 Å². The van der Waals surface area contributed by atoms with Crippen LogP contribution < -0.4 is 5.73 Å². The number of allylic oxidation sites excluding steroid dienone is 1. The van der Waals surface area contributed by atoms with Crippen LogP contribution in [0.4, 0.5) is 0 Å². The molecule has 3 N–H and O–H groups in total. The van der Waals surface area contributed by atoms with E-state index in [9.17, 15) is 0 Å². The predicted octanol–water partition coefficient (Wildman–Crippen LogP) is 1.64. The first kappa shape index (κ1) is 8.93. The molecule has 0 spiro atoms. The maximum absolute atomic E-state index is 7.60. The van der Waals surface area contributed by atoms with E-state index in [1.165, 1.54) is 6.20 Å². The van der Waals surface area contributed by atoms with Crippen LogP contribution in [0, 0.1) is 5.41 Å². The fourth-order valence-corrected chi connectivity index (χ4v) is 0.961. The van der Waals surface area contributed by atoms with Crippen LogP contribution in [-0.2, 0) is 0 Å². The monoisotopic (exact) mass is 225 g/mol. The van der Waals surface area contributed by atoms with Gasteiger partial charge >= 0.3 is 0 Å². The zero-order valence-electron chi connectivity index (χ0n) is 6.29. The Bertz CT molecular complexity index is 305. The molecule has 1 aromatic rings. The summed E-state index contributed by atoms with van der Waals surface area (Å²) in [6.45, 7) is 0. The van der Waals surface area contributed by atoms with E-state index in [4.69, 9.17) is 11.1 Å². The molecule has 0 aliphatic carbocycles. The van der Waals surface area contributed by atoms with E-state index in [-0.39, 0.29) is 0 Å². The van der Waals surface area contributed by atoms with Gasteiger partial charge in [0.05, 0.1) is 10.2 Å². The van der Waals surface area contributed by atoms with Crippen molar-refractivity contribution in [3.63, 3.8) is 0 Å². The fourth-order valence-electron chi connectivity index (χ4n) is 0.732. The minimum Gasteiger partial charge on any atom is -0.404 e. The van der Waals surface area contributed by atoms with Gasteiger partial charge in [-0.05, 0) is 28.1 Å². The molecule has 0 aliphatic rings. The maximum Gasteiger partial charge on any atom is 0.0784 e. The Hall–Kier alpha value is -1.16. The third-order valence-electron chi connectivity index (χ3n) is 1.34. The lowest BCUT2D eigenvalue weighted by atomic mass is 10.2. The third kappa shape index (κ3) is 1.92. The van der Waals surface area contributed by atoms with Crippen LogP contribution in [-0.4, -0.2) is 10.7 Å². The molecule has 4 heteroatoms. The summed E-state index contributed by atoms with van der Waals surface area (Å²) in [5.74, 6) is 0. The molecule has 0 saturated carbocycles. The lowest BCUT2D eigenvalue weighted by Crippen LogP contribution is -2.00. The van der Waals surface area contributed by atoms with Crippen molar-refractivity contribution in [2.24, 2.45) is 5.73 Å². The van der Waals surface area contributed by atoms with Crippen LogP contribution in [0.2, 0.25) is 0 Å². The molecule has 0 atom stereocenters. The number of pyridine rings is 1. The topological polar surface area (TPSA) is 62.8 Å². The molecule has 0 saturated heterocycles. The standard InChI is InChI=1S/C8H8BrN3/c9-7(4-10)8(11)6-2-1-3-12-5-6/h1-5,11H,10H2/b7-4+,11-8?. The average Bonchev–Trinajstić information content (AvgIpc) is 2.17. The Morgan fingerprint density at radius 2 is 2.42 bits per heavy atom. The number of halogens is 1. The summed E-state index contributed by atoms with van der Waals surface area (Å²) in [5.41, 5.74) is 6.32. The minimum atomic E-state index is 0.339. The van der Waals surface area contributed by atoms with Gasteiger partial charge in [-0.1, -0.05) is 0 Å². The average molecular weight is 226 g/mol. The van der Waals surface area contributed by atoms with E-state index in [0.29, 0.717) is 10.2 Å². The van der Waals surface area contributed by atoms with E-state index < -0.39 is 0 Å². The molecule has 0 unspecified atom stereocenters. The highest BCUT2D eigenvalue weighted by atomic mass is 79.9. The molecule has 1 rings (SSSR count). The van der Waals surface area contributed by atoms with Gasteiger partial charge in [0.15, 0.2) is 0 Å². The highest BCUT2D eigenvalue weighted by molar-refractivity contribution is 9.12. The molecular weight excluding hydrogens is 218 g/mol. The van der Waals surface area contributed by atoms with Crippen molar-refractivity contribution in [2.75, 3.05) is 0 Å². The summed E-state index contributed by atoms with van der Waals surface area (Å²) >= 11 is 3.16. The molecule has 0 amide bonds. The number of nitrogens with zero attached hydrogens (tertiary/aromatic N) is 1. The zero-order valence-corrected chi connectivity index (χ0v) is 7.88. The SMILES string of the molecule is N=C(/C(Br)=C\N)c1cccnc1. The molecular formula is C8H8BrN3. The van der Waals surface area contributed by atoms with E-state index in [1.54, 1.807) is 24.5 Å². The molecule has 3 nitrogen and oxygen atoms in total. The predicted molar refractivity (Wildman–Crippen MR) is 52.3 cm³/mol. The number of nitrogens with two attached hydrogens (primary N) is 1. The normalized spacial score (nSPS) is 11.2. The fraction of sp³-hybridized carbons (Fsp3) is 0. The first-order valence-electron chi connectivity index (χ1n) is 3.32. The summed E-state index contributed by atoms with van der Waals surface area (Å²) in [6.07, 6.45) is 4.62. The van der Waals surface area contributed by atoms with E-state index in [2.05, 4.69) is 20.9 Å². The van der Waals surface area contributed by atoms with Gasteiger partial charge in [0, 0.05) is 24.2 Å². The van der Waals surface area contributed by atoms with Gasteiger partial charge in [-0.2, -0.15) is 0 Å². The zero-order chi connectivity index (χ0) is 8.97. The Morgan fingerprint density at radius 1 is 1.67 bits per heavy atom. The second-order valence-electron chi connectivity index (χ2n) is 2.13. The summed E-state index contributed by atoms with van der Waals surface area (Å²) < 4.78 is 0.565. The van der Waals surface area contributed by atoms with Crippen molar-refractivity contribution in [3.8, 4) is 0 Å². The minimum absolute atomic E-state index is 0.339. The third-order valence-corrected chi connectivity index (χ3v) is 2.00. The summed E-state index contributed by atoms with van der Waals surface area (Å²) in [5, 5.41) is 7.60. The highest BCUT2D eigenvalue weighted by Gasteiger charge is 2.02. The lowest BCUT2D eigenvalue weighted by molar-refractivity contribution is 1.31. The molecule has 0 aliphatic heterocycles. The molecule has 0 fully saturated rings. The van der Waals surface area contributed by atoms with Gasteiger partial charge in [0.2, 0.25) is 0 Å². The molecule has 62 valence electrons. The number of nitrogens with one attached hydrogen (secondary N) is 1. The first-order chi connectivity index (χ1) is 5.75. The van der Waals surface area contributed by atoms with Gasteiger partial charge in [0.25, 0.3) is 0 Å². The quantitative estimate of drug-likeness (QED) is 0.753. The largest absolute Gasteiger partial charge is 0.404 e. The van der Waals surface area contributed by atoms with Gasteiger partial charge < -0.3 is 5.73 Å². The van der Waals surface area contributed by atoms with Crippen molar-refractivity contribution in [1.29, 1.82) is 5.41 Å². The van der Waals surface area contributed by atoms with Crippen LogP contribution >= 0.6 is 15.9 Å². The maximum atomic E-state index is 7.60. The second-order valence-corrected chi connectivity index (χ2v) is 2.99. The lowest BCUT2D eigenvalue weighted by Gasteiger charge is -1.99. The molecule has 12 heavy (non-hydrogen) atoms. The van der Waals surface area contributed by atoms with Gasteiger partial charge in [0.1, 0.15) is 0 Å². The Kier molecular flexibility index (Phi) is 2.99. The van der Waals surface area contributed by atoms with Crippen molar-refractivity contribution in [2.45, 2.75) is 0 Å². The molecule has 1 heterocycles. The van der Waals surface area contributed by atoms with Crippen molar-refractivity contribution >= 4 is 21.6 Å². The van der Waals surface area contributed by atoms with Crippen LogP contribution in [0.3, 0.4) is 0 Å². The summed E-state index contributed by atoms with van der Waals surface area (Å²) in [4.78, 5) is 3.89. The Balaban J connectivity index is 2.94. The smallest absolute Gasteiger partial charge is 0.0784 e. The van der Waals surface area contributed by atoms with Gasteiger partial charge in [-0.25, -0.2) is 0 Å². The summed E-state index contributed by atoms with van der Waals surface area (Å²) in [6, 6.07) is 3.58. The van der Waals surface area contributed by atoms with E-state index >= 15 is 0 Å². The van der Waals surface area contributed by atoms with E-state index in [0.717, 1.165) is 5.56 Å². The molecule has 0 aromatic carbocycles. The first-order valence-corrected chi connectivity index (χ1v) is 4.11. The van der Waals surface area contributed by atoms with Crippen molar-refractivity contribution in [3.05, 3.63) is 40.8 Å². The second kappa shape index (κ2) is 4.01. The Morgan fingerprint density at radius 3 is 2.92 bits per heavy atom. The van der Waals surface area contributed by atoms with Gasteiger partial charge in [-0.3, -0.25) is 10.4 Å². The number of aromatic nitrogens is 1. The molecule has 0 bridgehead atoms. The van der Waals surface area contributed by atoms with Crippen LogP contribution in [0.5, 0.6) is 0 Å². The van der Waals surface area contributed by atoms with Crippen molar-refractivity contribution in [1.82, 2.24) is 4.98 Å². The van der Waals surface area contributed by atoms with Crippen LogP contribution in [0.1, 0.15) is 5.56 Å². The Labute approximate surface area is 78.9 Å². The van der Waals surface area contributed by atoms with Crippen LogP contribution in [0.25, 0.3) is 0 Å². The summed E-state index contributed by atoms with van der Waals surface area (Å²) in [7, 11) is 0. The number of hydrogen-bond donors (Lipinski definition) is 2. The highest BCUT2D eigenvalue weighted by Crippen LogP contribution is 2.11.